The van der Waals surface area contributed by atoms with Crippen LogP contribution in [-0.4, -0.2) is 38.8 Å². The van der Waals surface area contributed by atoms with E-state index in [1.807, 2.05) is 0 Å². The van der Waals surface area contributed by atoms with Gasteiger partial charge in [-0.05, 0) is 19.1 Å². The van der Waals surface area contributed by atoms with Gasteiger partial charge < -0.3 is 11.1 Å². The minimum absolute atomic E-state index is 0.0303. The number of nitrogen functional groups attached to an aromatic ring is 1. The molecule has 0 bridgehead atoms. The largest absolute Gasteiger partial charge is 0.398 e. The maximum Gasteiger partial charge on any atom is 0.246 e. The number of carbonyl (C=O) groups excluding carboxylic acids is 1. The molecule has 0 radical (unpaired) electrons. The van der Waals surface area contributed by atoms with E-state index in [0.29, 0.717) is 6.54 Å². The molecule has 0 aliphatic heterocycles. The zero-order valence-electron chi connectivity index (χ0n) is 10.7. The molecule has 6 nitrogen and oxygen atoms in total. The molecular formula is C11H16ClN3O3S. The number of sulfonamides is 1. The maximum absolute atomic E-state index is 12.3. The van der Waals surface area contributed by atoms with Crippen molar-refractivity contribution in [3.63, 3.8) is 0 Å². The van der Waals surface area contributed by atoms with E-state index in [4.69, 9.17) is 17.3 Å². The number of nitrogens with one attached hydrogen (secondary N) is 1. The summed E-state index contributed by atoms with van der Waals surface area (Å²) in [5.41, 5.74) is 5.70. The lowest BCUT2D eigenvalue weighted by atomic mass is 10.3. The van der Waals surface area contributed by atoms with Crippen molar-refractivity contribution in [3.05, 3.63) is 23.2 Å². The summed E-state index contributed by atoms with van der Waals surface area (Å²) in [6.07, 6.45) is 0. The Morgan fingerprint density at radius 3 is 2.63 bits per heavy atom. The van der Waals surface area contributed by atoms with Crippen LogP contribution in [-0.2, 0) is 14.8 Å². The summed E-state index contributed by atoms with van der Waals surface area (Å²) in [7, 11) is -2.60. The number of hydrogen-bond acceptors (Lipinski definition) is 4. The summed E-state index contributed by atoms with van der Waals surface area (Å²) in [4.78, 5) is 11.2. The Kier molecular flexibility index (Phi) is 5.16. The smallest absolute Gasteiger partial charge is 0.246 e. The third-order valence-corrected chi connectivity index (χ3v) is 4.75. The third kappa shape index (κ3) is 3.59. The van der Waals surface area contributed by atoms with E-state index >= 15 is 0 Å². The van der Waals surface area contributed by atoms with Crippen molar-refractivity contribution in [1.82, 2.24) is 9.62 Å². The van der Waals surface area contributed by atoms with Crippen LogP contribution in [0.4, 0.5) is 5.69 Å². The van der Waals surface area contributed by atoms with E-state index in [-0.39, 0.29) is 28.1 Å². The lowest BCUT2D eigenvalue weighted by molar-refractivity contribution is -0.121. The summed E-state index contributed by atoms with van der Waals surface area (Å²) in [6.45, 7) is 1.89. The van der Waals surface area contributed by atoms with E-state index in [9.17, 15) is 13.2 Å². The van der Waals surface area contributed by atoms with Crippen LogP contribution in [0, 0.1) is 0 Å². The summed E-state index contributed by atoms with van der Waals surface area (Å²) >= 11 is 5.87. The van der Waals surface area contributed by atoms with E-state index in [1.165, 1.54) is 19.2 Å². The number of carbonyl (C=O) groups is 1. The maximum atomic E-state index is 12.3. The van der Waals surface area contributed by atoms with E-state index in [0.717, 1.165) is 4.31 Å². The zero-order valence-corrected chi connectivity index (χ0v) is 12.3. The molecule has 0 aromatic heterocycles. The highest BCUT2D eigenvalue weighted by Crippen LogP contribution is 2.29. The number of likely N-dealkylation sites (N-methyl/N-ethyl adjacent to an activating group) is 2. The highest BCUT2D eigenvalue weighted by atomic mass is 35.5. The first-order valence-electron chi connectivity index (χ1n) is 5.57. The van der Waals surface area contributed by atoms with Gasteiger partial charge in [0.1, 0.15) is 4.90 Å². The van der Waals surface area contributed by atoms with Crippen LogP contribution in [0.2, 0.25) is 5.02 Å². The van der Waals surface area contributed by atoms with Gasteiger partial charge in [0.2, 0.25) is 15.9 Å². The highest BCUT2D eigenvalue weighted by Gasteiger charge is 2.27. The molecule has 0 atom stereocenters. The van der Waals surface area contributed by atoms with Gasteiger partial charge in [0.05, 0.1) is 17.3 Å². The minimum Gasteiger partial charge on any atom is -0.398 e. The van der Waals surface area contributed by atoms with Gasteiger partial charge in [-0.3, -0.25) is 4.79 Å². The van der Waals surface area contributed by atoms with Crippen molar-refractivity contribution in [2.45, 2.75) is 11.8 Å². The Morgan fingerprint density at radius 2 is 2.11 bits per heavy atom. The van der Waals surface area contributed by atoms with Crippen LogP contribution in [0.25, 0.3) is 0 Å². The molecule has 0 saturated heterocycles. The molecule has 1 aromatic carbocycles. The second-order valence-electron chi connectivity index (χ2n) is 3.87. The second kappa shape index (κ2) is 6.23. The highest BCUT2D eigenvalue weighted by molar-refractivity contribution is 7.89. The molecule has 0 saturated carbocycles. The van der Waals surface area contributed by atoms with Gasteiger partial charge in [-0.25, -0.2) is 8.42 Å². The number of nitrogens with two attached hydrogens (primary N) is 1. The van der Waals surface area contributed by atoms with Crippen LogP contribution in [0.3, 0.4) is 0 Å². The Labute approximate surface area is 117 Å². The van der Waals surface area contributed by atoms with Gasteiger partial charge in [-0.1, -0.05) is 17.7 Å². The number of anilines is 1. The Bertz CT molecular complexity index is 554. The van der Waals surface area contributed by atoms with Crippen LogP contribution in [0.5, 0.6) is 0 Å². The first kappa shape index (κ1) is 15.7. The van der Waals surface area contributed by atoms with Crippen molar-refractivity contribution in [3.8, 4) is 0 Å². The van der Waals surface area contributed by atoms with Crippen LogP contribution < -0.4 is 11.1 Å². The lowest BCUT2D eigenvalue weighted by Gasteiger charge is -2.18. The number of amides is 1. The standard InChI is InChI=1S/C11H16ClN3O3S/c1-3-14-10(16)7-15(2)19(17,18)11-8(12)5-4-6-9(11)13/h4-6H,3,7,13H2,1-2H3,(H,14,16). The van der Waals surface area contributed by atoms with Gasteiger partial charge in [-0.2, -0.15) is 4.31 Å². The topological polar surface area (TPSA) is 92.5 Å². The summed E-state index contributed by atoms with van der Waals surface area (Å²) in [5.74, 6) is -0.390. The van der Waals surface area contributed by atoms with Gasteiger partial charge >= 0.3 is 0 Å². The molecule has 3 N–H and O–H groups in total. The first-order chi connectivity index (χ1) is 8.80. The zero-order chi connectivity index (χ0) is 14.6. The fourth-order valence-corrected chi connectivity index (χ4v) is 3.25. The third-order valence-electron chi connectivity index (χ3n) is 2.41. The SMILES string of the molecule is CCNC(=O)CN(C)S(=O)(=O)c1c(N)cccc1Cl. The summed E-state index contributed by atoms with van der Waals surface area (Å²) in [5, 5.41) is 2.55. The fourth-order valence-electron chi connectivity index (χ4n) is 1.49. The fraction of sp³-hybridized carbons (Fsp3) is 0.364. The second-order valence-corrected chi connectivity index (χ2v) is 6.26. The number of rotatable bonds is 5. The number of benzene rings is 1. The average Bonchev–Trinajstić information content (AvgIpc) is 2.28. The Hall–Kier alpha value is -1.31. The minimum atomic E-state index is -3.90. The number of hydrogen-bond donors (Lipinski definition) is 2. The Morgan fingerprint density at radius 1 is 1.47 bits per heavy atom. The van der Waals surface area contributed by atoms with Gasteiger partial charge in [0.25, 0.3) is 0 Å². The molecule has 0 heterocycles. The van der Waals surface area contributed by atoms with Crippen molar-refractivity contribution in [1.29, 1.82) is 0 Å². The van der Waals surface area contributed by atoms with Gasteiger partial charge in [-0.15, -0.1) is 0 Å². The monoisotopic (exact) mass is 305 g/mol. The summed E-state index contributed by atoms with van der Waals surface area (Å²) in [6, 6.07) is 4.43. The normalized spacial score (nSPS) is 11.6. The molecule has 0 aliphatic carbocycles. The van der Waals surface area contributed by atoms with Crippen molar-refractivity contribution >= 4 is 33.2 Å². The molecule has 1 rings (SSSR count). The summed E-state index contributed by atoms with van der Waals surface area (Å²) < 4.78 is 25.5. The molecule has 0 unspecified atom stereocenters. The van der Waals surface area contributed by atoms with E-state index < -0.39 is 10.0 Å². The molecule has 0 fully saturated rings. The molecule has 1 aromatic rings. The average molecular weight is 306 g/mol. The van der Waals surface area contributed by atoms with Crippen LogP contribution in [0.15, 0.2) is 23.1 Å². The molecule has 1 amide bonds. The van der Waals surface area contributed by atoms with E-state index in [1.54, 1.807) is 13.0 Å². The van der Waals surface area contributed by atoms with Crippen molar-refractivity contribution in [2.75, 3.05) is 25.9 Å². The predicted octanol–water partition coefficient (Wildman–Crippen LogP) is 0.679. The van der Waals surface area contributed by atoms with E-state index in [2.05, 4.69) is 5.32 Å². The van der Waals surface area contributed by atoms with Gasteiger partial charge in [0.15, 0.2) is 0 Å². The molecule has 8 heteroatoms. The molecule has 106 valence electrons. The quantitative estimate of drug-likeness (QED) is 0.782. The van der Waals surface area contributed by atoms with Crippen molar-refractivity contribution in [2.24, 2.45) is 0 Å². The predicted molar refractivity (Wildman–Crippen MR) is 74.4 cm³/mol. The van der Waals surface area contributed by atoms with Gasteiger partial charge in [0, 0.05) is 13.6 Å². The number of nitrogens with zero attached hydrogens (tertiary/aromatic N) is 1. The molecular weight excluding hydrogens is 290 g/mol. The molecule has 0 spiro atoms. The van der Waals surface area contributed by atoms with Crippen LogP contribution in [0.1, 0.15) is 6.92 Å². The molecule has 19 heavy (non-hydrogen) atoms. The van der Waals surface area contributed by atoms with Crippen molar-refractivity contribution < 1.29 is 13.2 Å². The molecule has 0 aliphatic rings. The van der Waals surface area contributed by atoms with Crippen LogP contribution >= 0.6 is 11.6 Å². The first-order valence-corrected chi connectivity index (χ1v) is 7.39. The Balaban J connectivity index is 3.07. The lowest BCUT2D eigenvalue weighted by Crippen LogP contribution is -2.38. The number of halogens is 1.